The molecule has 0 fully saturated rings. The van der Waals surface area contributed by atoms with Gasteiger partial charge in [-0.15, -0.1) is 0 Å². The molecule has 3 aromatic heterocycles. The first-order valence-electron chi connectivity index (χ1n) is 21.8. The zero-order chi connectivity index (χ0) is 44.0. The Morgan fingerprint density at radius 1 is 0.394 bits per heavy atom. The molecule has 9 heteroatoms. The predicted molar refractivity (Wildman–Crippen MR) is 259 cm³/mol. The Kier molecular flexibility index (Phi) is 9.38. The lowest BCUT2D eigenvalue weighted by Gasteiger charge is -2.38. The maximum absolute atomic E-state index is 7.25. The average molecular weight is 851 g/mol. The van der Waals surface area contributed by atoms with Gasteiger partial charge in [-0.3, -0.25) is 4.57 Å². The Morgan fingerprint density at radius 3 is 1.35 bits per heavy atom. The number of aromatic nitrogens is 8. The van der Waals surface area contributed by atoms with E-state index in [1.807, 2.05) is 146 Å². The van der Waals surface area contributed by atoms with Gasteiger partial charge < -0.3 is 4.74 Å². The average Bonchev–Trinajstić information content (AvgIpc) is 3.83. The second-order valence-electron chi connectivity index (χ2n) is 16.3. The van der Waals surface area contributed by atoms with Crippen molar-refractivity contribution in [2.75, 3.05) is 0 Å². The van der Waals surface area contributed by atoms with Crippen molar-refractivity contribution in [2.24, 2.45) is 0 Å². The molecule has 4 heterocycles. The first kappa shape index (κ1) is 38.7. The van der Waals surface area contributed by atoms with Crippen molar-refractivity contribution in [3.8, 4) is 90.9 Å². The van der Waals surface area contributed by atoms with Gasteiger partial charge in [0.2, 0.25) is 0 Å². The molecule has 0 saturated carbocycles. The zero-order valence-corrected chi connectivity index (χ0v) is 35.7. The van der Waals surface area contributed by atoms with E-state index in [-0.39, 0.29) is 0 Å². The Balaban J connectivity index is 0.982. The fourth-order valence-corrected chi connectivity index (χ4v) is 8.76. The Morgan fingerprint density at radius 2 is 0.818 bits per heavy atom. The van der Waals surface area contributed by atoms with Crippen LogP contribution in [0.5, 0.6) is 5.75 Å². The van der Waals surface area contributed by atoms with Crippen LogP contribution in [0.2, 0.25) is 0 Å². The molecule has 1 aliphatic heterocycles. The van der Waals surface area contributed by atoms with Crippen molar-refractivity contribution in [3.63, 3.8) is 0 Å². The second-order valence-corrected chi connectivity index (χ2v) is 16.3. The molecule has 1 unspecified atom stereocenters. The largest absolute Gasteiger partial charge is 0.477 e. The molecule has 66 heavy (non-hydrogen) atoms. The third-order valence-electron chi connectivity index (χ3n) is 12.2. The van der Waals surface area contributed by atoms with Crippen LogP contribution in [-0.2, 0) is 5.60 Å². The van der Waals surface area contributed by atoms with Crippen molar-refractivity contribution >= 4 is 11.0 Å². The van der Waals surface area contributed by atoms with Gasteiger partial charge in [-0.2, -0.15) is 0 Å². The van der Waals surface area contributed by atoms with E-state index in [0.717, 1.165) is 72.4 Å². The molecule has 11 aromatic rings. The van der Waals surface area contributed by atoms with Gasteiger partial charge in [-0.25, -0.2) is 34.9 Å². The number of hydrogen-bond acceptors (Lipinski definition) is 8. The van der Waals surface area contributed by atoms with Gasteiger partial charge in [0.25, 0.3) is 0 Å². The predicted octanol–water partition coefficient (Wildman–Crippen LogP) is 12.7. The SMILES string of the molecule is CC1(c2ccccc2)Oc2cc(-c3nc(-c4ccccc4)nc(-c4ccc5c(c4)ncn5-c4ccccc4)n3)ccc2-c2ccc(-c3nc(-c4ccccc4)nc(-c4ccccc4)n3)cc21. The van der Waals surface area contributed by atoms with Crippen molar-refractivity contribution < 1.29 is 4.74 Å². The molecule has 0 saturated heterocycles. The number of imidazole rings is 1. The summed E-state index contributed by atoms with van der Waals surface area (Å²) in [6.07, 6.45) is 1.85. The molecular weight excluding hydrogens is 813 g/mol. The molecule has 9 nitrogen and oxygen atoms in total. The van der Waals surface area contributed by atoms with Crippen LogP contribution < -0.4 is 4.74 Å². The fraction of sp³-hybridized carbons (Fsp3) is 0.0351. The second kappa shape index (κ2) is 16.0. The maximum atomic E-state index is 7.25. The molecule has 1 aliphatic rings. The van der Waals surface area contributed by atoms with Gasteiger partial charge in [-0.1, -0.05) is 158 Å². The molecule has 0 amide bonds. The summed E-state index contributed by atoms with van der Waals surface area (Å²) in [5.74, 6) is 4.15. The minimum Gasteiger partial charge on any atom is -0.477 e. The topological polar surface area (TPSA) is 104 Å². The van der Waals surface area contributed by atoms with Gasteiger partial charge in [0.1, 0.15) is 12.1 Å². The monoisotopic (exact) mass is 850 g/mol. The van der Waals surface area contributed by atoms with E-state index in [1.54, 1.807) is 0 Å². The lowest BCUT2D eigenvalue weighted by Crippen LogP contribution is -2.34. The van der Waals surface area contributed by atoms with E-state index in [1.165, 1.54) is 0 Å². The number of hydrogen-bond donors (Lipinski definition) is 0. The number of para-hydroxylation sites is 1. The third kappa shape index (κ3) is 6.96. The van der Waals surface area contributed by atoms with Crippen molar-refractivity contribution in [3.05, 3.63) is 224 Å². The molecule has 0 aliphatic carbocycles. The standard InChI is InChI=1S/C57H38N8O/c1-57(43-23-13-5-14-24-43)47-33-40(54-60-51(37-17-7-2-8-18-37)59-52(61-54)38-19-9-3-10-20-38)27-30-45(47)46-31-28-42(35-50(46)66-57)56-63-53(39-21-11-4-12-22-39)62-55(64-56)41-29-32-49-48(34-41)58-36-65(49)44-25-15-6-16-26-44/h2-36H,1H3. The summed E-state index contributed by atoms with van der Waals surface area (Å²) in [7, 11) is 0. The number of benzene rings is 8. The van der Waals surface area contributed by atoms with Crippen LogP contribution >= 0.6 is 0 Å². The van der Waals surface area contributed by atoms with Crippen LogP contribution in [0.3, 0.4) is 0 Å². The molecular formula is C57H38N8O. The van der Waals surface area contributed by atoms with Gasteiger partial charge in [0.15, 0.2) is 40.5 Å². The molecule has 312 valence electrons. The Labute approximate surface area is 380 Å². The highest BCUT2D eigenvalue weighted by Gasteiger charge is 2.39. The summed E-state index contributed by atoms with van der Waals surface area (Å²) >= 11 is 0. The third-order valence-corrected chi connectivity index (χ3v) is 12.2. The van der Waals surface area contributed by atoms with Gasteiger partial charge in [0, 0.05) is 50.2 Å². The van der Waals surface area contributed by atoms with Crippen LogP contribution in [-0.4, -0.2) is 39.5 Å². The summed E-state index contributed by atoms with van der Waals surface area (Å²) in [6, 6.07) is 69.4. The minimum absolute atomic E-state index is 0.529. The molecule has 0 bridgehead atoms. The zero-order valence-electron chi connectivity index (χ0n) is 35.7. The number of fused-ring (bicyclic) bond motifs is 4. The van der Waals surface area contributed by atoms with E-state index in [9.17, 15) is 0 Å². The van der Waals surface area contributed by atoms with Gasteiger partial charge >= 0.3 is 0 Å². The normalized spacial score (nSPS) is 14.0. The number of rotatable bonds is 8. The van der Waals surface area contributed by atoms with Crippen molar-refractivity contribution in [1.82, 2.24) is 39.5 Å². The smallest absolute Gasteiger partial charge is 0.164 e. The summed E-state index contributed by atoms with van der Waals surface area (Å²) in [5.41, 5.74) is 11.2. The van der Waals surface area contributed by atoms with Crippen LogP contribution in [0.15, 0.2) is 213 Å². The van der Waals surface area contributed by atoms with Crippen LogP contribution in [0.1, 0.15) is 18.1 Å². The Bertz CT molecular complexity index is 3510. The van der Waals surface area contributed by atoms with E-state index in [0.29, 0.717) is 40.7 Å². The Hall–Kier alpha value is -8.95. The highest BCUT2D eigenvalue weighted by Crippen LogP contribution is 2.50. The van der Waals surface area contributed by atoms with E-state index in [2.05, 4.69) is 78.2 Å². The summed E-state index contributed by atoms with van der Waals surface area (Å²) in [6.45, 7) is 2.13. The molecule has 1 atom stereocenters. The van der Waals surface area contributed by atoms with Crippen molar-refractivity contribution in [2.45, 2.75) is 12.5 Å². The van der Waals surface area contributed by atoms with Crippen LogP contribution in [0.25, 0.3) is 96.2 Å². The quantitative estimate of drug-likeness (QED) is 0.149. The van der Waals surface area contributed by atoms with Gasteiger partial charge in [0.05, 0.1) is 11.0 Å². The molecule has 0 spiro atoms. The fourth-order valence-electron chi connectivity index (χ4n) is 8.76. The van der Waals surface area contributed by atoms with E-state index in [4.69, 9.17) is 39.6 Å². The van der Waals surface area contributed by atoms with E-state index < -0.39 is 5.60 Å². The molecule has 12 rings (SSSR count). The number of nitrogens with zero attached hydrogens (tertiary/aromatic N) is 8. The summed E-state index contributed by atoms with van der Waals surface area (Å²) < 4.78 is 9.34. The first-order chi connectivity index (χ1) is 32.5. The maximum Gasteiger partial charge on any atom is 0.164 e. The van der Waals surface area contributed by atoms with Gasteiger partial charge in [-0.05, 0) is 66.6 Å². The lowest BCUT2D eigenvalue weighted by molar-refractivity contribution is 0.129. The van der Waals surface area contributed by atoms with E-state index >= 15 is 0 Å². The summed E-state index contributed by atoms with van der Waals surface area (Å²) in [5, 5.41) is 0. The molecule has 8 aromatic carbocycles. The highest BCUT2D eigenvalue weighted by atomic mass is 16.5. The summed E-state index contributed by atoms with van der Waals surface area (Å²) in [4.78, 5) is 35.1. The number of ether oxygens (including phenoxy) is 1. The van der Waals surface area contributed by atoms with Crippen LogP contribution in [0.4, 0.5) is 0 Å². The van der Waals surface area contributed by atoms with Crippen LogP contribution in [0, 0.1) is 0 Å². The lowest BCUT2D eigenvalue weighted by atomic mass is 9.79. The molecule has 0 radical (unpaired) electrons. The highest BCUT2D eigenvalue weighted by molar-refractivity contribution is 5.85. The first-order valence-corrected chi connectivity index (χ1v) is 21.8. The van der Waals surface area contributed by atoms with Crippen molar-refractivity contribution in [1.29, 1.82) is 0 Å². The minimum atomic E-state index is -0.895. The molecule has 0 N–H and O–H groups in total.